The molecule has 1 aliphatic rings. The number of benzene rings is 1. The Balaban J connectivity index is 1.61. The molecular formula is C17H18N4O4S. The van der Waals surface area contributed by atoms with Gasteiger partial charge < -0.3 is 4.42 Å². The molecule has 26 heavy (non-hydrogen) atoms. The number of imide groups is 1. The smallest absolute Gasteiger partial charge is 0.322 e. The summed E-state index contributed by atoms with van der Waals surface area (Å²) in [6, 6.07) is 7.58. The molecule has 2 heterocycles. The third-order valence-electron chi connectivity index (χ3n) is 3.60. The molecule has 1 fully saturated rings. The van der Waals surface area contributed by atoms with Crippen LogP contribution in [0.15, 0.2) is 33.6 Å². The summed E-state index contributed by atoms with van der Waals surface area (Å²) in [5, 5.41) is 10.6. The van der Waals surface area contributed by atoms with Gasteiger partial charge in [-0.2, -0.15) is 0 Å². The first kappa shape index (κ1) is 18.1. The van der Waals surface area contributed by atoms with Crippen LogP contribution in [0.2, 0.25) is 0 Å². The van der Waals surface area contributed by atoms with Gasteiger partial charge in [-0.05, 0) is 24.3 Å². The first-order valence-electron chi connectivity index (χ1n) is 8.16. The maximum absolute atomic E-state index is 12.0. The lowest BCUT2D eigenvalue weighted by molar-refractivity contribution is -0.141. The van der Waals surface area contributed by atoms with Crippen LogP contribution in [0.4, 0.5) is 6.01 Å². The summed E-state index contributed by atoms with van der Waals surface area (Å²) in [6.45, 7) is 3.89. The Morgan fingerprint density at radius 3 is 2.46 bits per heavy atom. The maximum Gasteiger partial charge on any atom is 0.322 e. The standard InChI is InChI=1S/C17H18N4O4S/c1-10(2)26-12-5-3-11(4-6-12)16-19-20-17(25-16)18-13(22)9-21-14(23)7-8-15(21)24/h3-6,10H,7-9H2,1-2H3,(H,18,20,22). The molecule has 0 bridgehead atoms. The van der Waals surface area contributed by atoms with Gasteiger partial charge in [0.1, 0.15) is 6.54 Å². The van der Waals surface area contributed by atoms with Gasteiger partial charge in [-0.3, -0.25) is 24.6 Å². The van der Waals surface area contributed by atoms with E-state index in [4.69, 9.17) is 4.42 Å². The van der Waals surface area contributed by atoms with E-state index in [1.54, 1.807) is 11.8 Å². The first-order valence-corrected chi connectivity index (χ1v) is 9.04. The Morgan fingerprint density at radius 2 is 1.85 bits per heavy atom. The normalized spacial score (nSPS) is 14.3. The lowest BCUT2D eigenvalue weighted by atomic mass is 10.2. The van der Waals surface area contributed by atoms with Crippen LogP contribution in [0.5, 0.6) is 0 Å². The zero-order chi connectivity index (χ0) is 18.7. The molecule has 1 N–H and O–H groups in total. The Bertz CT molecular complexity index is 816. The van der Waals surface area contributed by atoms with Crippen molar-refractivity contribution in [2.75, 3.05) is 11.9 Å². The lowest BCUT2D eigenvalue weighted by Crippen LogP contribution is -2.36. The molecule has 2 aromatic rings. The fourth-order valence-electron chi connectivity index (χ4n) is 2.44. The molecule has 0 saturated carbocycles. The van der Waals surface area contributed by atoms with Crippen LogP contribution < -0.4 is 5.32 Å². The van der Waals surface area contributed by atoms with Crippen LogP contribution in [0.1, 0.15) is 26.7 Å². The van der Waals surface area contributed by atoms with Gasteiger partial charge in [-0.1, -0.05) is 18.9 Å². The van der Waals surface area contributed by atoms with Gasteiger partial charge in [0.05, 0.1) is 0 Å². The molecule has 1 saturated heterocycles. The van der Waals surface area contributed by atoms with E-state index >= 15 is 0 Å². The highest BCUT2D eigenvalue weighted by molar-refractivity contribution is 7.99. The molecule has 0 atom stereocenters. The van der Waals surface area contributed by atoms with Gasteiger partial charge in [0.15, 0.2) is 0 Å². The molecule has 8 nitrogen and oxygen atoms in total. The SMILES string of the molecule is CC(C)Sc1ccc(-c2nnc(NC(=O)CN3C(=O)CCC3=O)o2)cc1. The summed E-state index contributed by atoms with van der Waals surface area (Å²) in [7, 11) is 0. The molecule has 0 aliphatic carbocycles. The Kier molecular flexibility index (Phi) is 5.36. The number of hydrogen-bond donors (Lipinski definition) is 1. The van der Waals surface area contributed by atoms with Gasteiger partial charge in [0.2, 0.25) is 23.6 Å². The van der Waals surface area contributed by atoms with Crippen molar-refractivity contribution in [3.63, 3.8) is 0 Å². The number of amides is 3. The molecule has 0 spiro atoms. The number of likely N-dealkylation sites (tertiary alicyclic amines) is 1. The highest BCUT2D eigenvalue weighted by atomic mass is 32.2. The van der Waals surface area contributed by atoms with Crippen molar-refractivity contribution < 1.29 is 18.8 Å². The van der Waals surface area contributed by atoms with Crippen molar-refractivity contribution in [3.05, 3.63) is 24.3 Å². The summed E-state index contributed by atoms with van der Waals surface area (Å²) < 4.78 is 5.43. The average molecular weight is 374 g/mol. The summed E-state index contributed by atoms with van der Waals surface area (Å²) >= 11 is 1.75. The van der Waals surface area contributed by atoms with Gasteiger partial charge >= 0.3 is 6.01 Å². The van der Waals surface area contributed by atoms with E-state index in [1.807, 2.05) is 24.3 Å². The van der Waals surface area contributed by atoms with Crippen LogP contribution >= 0.6 is 11.8 Å². The van der Waals surface area contributed by atoms with E-state index in [9.17, 15) is 14.4 Å². The van der Waals surface area contributed by atoms with Gasteiger partial charge in [-0.25, -0.2) is 0 Å². The number of nitrogens with one attached hydrogen (secondary N) is 1. The van der Waals surface area contributed by atoms with Crippen LogP contribution in [0.25, 0.3) is 11.5 Å². The number of aromatic nitrogens is 2. The van der Waals surface area contributed by atoms with Crippen molar-refractivity contribution in [2.45, 2.75) is 36.8 Å². The van der Waals surface area contributed by atoms with Crippen LogP contribution in [-0.2, 0) is 14.4 Å². The monoisotopic (exact) mass is 374 g/mol. The van der Waals surface area contributed by atoms with E-state index in [0.717, 1.165) is 15.4 Å². The predicted octanol–water partition coefficient (Wildman–Crippen LogP) is 2.32. The number of carbonyl (C=O) groups excluding carboxylic acids is 3. The van der Waals surface area contributed by atoms with Crippen molar-refractivity contribution in [2.24, 2.45) is 0 Å². The molecule has 1 aliphatic heterocycles. The van der Waals surface area contributed by atoms with Gasteiger partial charge in [0, 0.05) is 28.6 Å². The van der Waals surface area contributed by atoms with Crippen molar-refractivity contribution in [1.82, 2.24) is 15.1 Å². The Morgan fingerprint density at radius 1 is 1.19 bits per heavy atom. The lowest BCUT2D eigenvalue weighted by Gasteiger charge is -2.11. The highest BCUT2D eigenvalue weighted by Gasteiger charge is 2.30. The van der Waals surface area contributed by atoms with Gasteiger partial charge in [0.25, 0.3) is 0 Å². The fraction of sp³-hybridized carbons (Fsp3) is 0.353. The quantitative estimate of drug-likeness (QED) is 0.611. The molecule has 0 unspecified atom stereocenters. The minimum absolute atomic E-state index is 0.0790. The molecule has 0 radical (unpaired) electrons. The summed E-state index contributed by atoms with van der Waals surface area (Å²) in [5.74, 6) is -0.992. The zero-order valence-electron chi connectivity index (χ0n) is 14.4. The van der Waals surface area contributed by atoms with E-state index in [1.165, 1.54) is 0 Å². The third kappa shape index (κ3) is 4.29. The second-order valence-electron chi connectivity index (χ2n) is 6.03. The predicted molar refractivity (Wildman–Crippen MR) is 95.3 cm³/mol. The second kappa shape index (κ2) is 7.69. The summed E-state index contributed by atoms with van der Waals surface area (Å²) in [5.41, 5.74) is 0.732. The van der Waals surface area contributed by atoms with E-state index < -0.39 is 5.91 Å². The molecular weight excluding hydrogens is 356 g/mol. The molecule has 136 valence electrons. The highest BCUT2D eigenvalue weighted by Crippen LogP contribution is 2.26. The minimum atomic E-state index is -0.563. The molecule has 9 heteroatoms. The summed E-state index contributed by atoms with van der Waals surface area (Å²) in [6.07, 6.45) is 0.282. The van der Waals surface area contributed by atoms with Gasteiger partial charge in [-0.15, -0.1) is 16.9 Å². The molecule has 3 rings (SSSR count). The molecule has 1 aromatic carbocycles. The number of anilines is 1. The van der Waals surface area contributed by atoms with E-state index in [0.29, 0.717) is 5.25 Å². The largest absolute Gasteiger partial charge is 0.403 e. The number of nitrogens with zero attached hydrogens (tertiary/aromatic N) is 3. The van der Waals surface area contributed by atoms with Crippen LogP contribution in [-0.4, -0.2) is 44.6 Å². The Labute approximate surface area is 154 Å². The maximum atomic E-state index is 12.0. The van der Waals surface area contributed by atoms with Crippen LogP contribution in [0, 0.1) is 0 Å². The van der Waals surface area contributed by atoms with E-state index in [-0.39, 0.29) is 43.1 Å². The first-order chi connectivity index (χ1) is 12.4. The van der Waals surface area contributed by atoms with Crippen molar-refractivity contribution in [1.29, 1.82) is 0 Å². The van der Waals surface area contributed by atoms with Crippen LogP contribution in [0.3, 0.4) is 0 Å². The third-order valence-corrected chi connectivity index (χ3v) is 4.62. The van der Waals surface area contributed by atoms with Crippen molar-refractivity contribution >= 4 is 35.5 Å². The zero-order valence-corrected chi connectivity index (χ0v) is 15.2. The number of hydrogen-bond acceptors (Lipinski definition) is 7. The average Bonchev–Trinajstić information content (AvgIpc) is 3.17. The van der Waals surface area contributed by atoms with E-state index in [2.05, 4.69) is 29.4 Å². The number of rotatable bonds is 6. The number of carbonyl (C=O) groups is 3. The molecule has 1 aromatic heterocycles. The second-order valence-corrected chi connectivity index (χ2v) is 7.68. The Hall–Kier alpha value is -2.68. The topological polar surface area (TPSA) is 105 Å². The minimum Gasteiger partial charge on any atom is -0.403 e. The summed E-state index contributed by atoms with van der Waals surface area (Å²) in [4.78, 5) is 37.1. The molecule has 3 amide bonds. The van der Waals surface area contributed by atoms with Crippen molar-refractivity contribution in [3.8, 4) is 11.5 Å². The fourth-order valence-corrected chi connectivity index (χ4v) is 3.28. The number of thioether (sulfide) groups is 1.